The first kappa shape index (κ1) is 25.0. The third-order valence-corrected chi connectivity index (χ3v) is 5.90. The Kier molecular flexibility index (Phi) is 8.07. The van der Waals surface area contributed by atoms with E-state index in [1.54, 1.807) is 58.1 Å². The third-order valence-electron chi connectivity index (χ3n) is 5.35. The van der Waals surface area contributed by atoms with E-state index in [0.29, 0.717) is 34.9 Å². The van der Waals surface area contributed by atoms with Crippen molar-refractivity contribution in [1.82, 2.24) is 14.7 Å². The fourth-order valence-corrected chi connectivity index (χ4v) is 3.53. The molecule has 1 aromatic heterocycles. The Morgan fingerprint density at radius 1 is 0.971 bits per heavy atom. The van der Waals surface area contributed by atoms with E-state index < -0.39 is 18.5 Å². The average molecular weight is 483 g/mol. The van der Waals surface area contributed by atoms with Gasteiger partial charge in [-0.2, -0.15) is 5.10 Å². The van der Waals surface area contributed by atoms with Crippen molar-refractivity contribution in [2.45, 2.75) is 27.7 Å². The monoisotopic (exact) mass is 482 g/mol. The van der Waals surface area contributed by atoms with E-state index in [4.69, 9.17) is 16.3 Å². The highest BCUT2D eigenvalue weighted by Crippen LogP contribution is 2.22. The van der Waals surface area contributed by atoms with Gasteiger partial charge in [0.25, 0.3) is 11.8 Å². The lowest BCUT2D eigenvalue weighted by molar-refractivity contribution is -0.119. The van der Waals surface area contributed by atoms with E-state index in [2.05, 4.69) is 10.4 Å². The Hall–Kier alpha value is -3.65. The number of ether oxygens (including phenoxy) is 1. The van der Waals surface area contributed by atoms with Crippen molar-refractivity contribution < 1.29 is 19.1 Å². The van der Waals surface area contributed by atoms with Crippen LogP contribution in [0.4, 0.5) is 5.69 Å². The van der Waals surface area contributed by atoms with Crippen LogP contribution in [0.25, 0.3) is 5.69 Å². The fourth-order valence-electron chi connectivity index (χ4n) is 3.41. The number of hydrogen-bond acceptors (Lipinski definition) is 5. The van der Waals surface area contributed by atoms with Crippen molar-refractivity contribution in [2.24, 2.45) is 0 Å². The molecule has 0 radical (unpaired) electrons. The molecule has 0 unspecified atom stereocenters. The maximum atomic E-state index is 12.4. The first-order valence-electron chi connectivity index (χ1n) is 10.9. The SMILES string of the molecule is CCN(CC)C(=O)c1ccc(NC(=O)COC(=O)c2ccc(-n3nc(C)c(Cl)c3C)cc2)cc1. The fraction of sp³-hybridized carbons (Fsp3) is 0.280. The second-order valence-electron chi connectivity index (χ2n) is 7.62. The van der Waals surface area contributed by atoms with Gasteiger partial charge < -0.3 is 15.0 Å². The molecule has 0 aliphatic carbocycles. The number of halogens is 1. The van der Waals surface area contributed by atoms with Crippen molar-refractivity contribution in [3.8, 4) is 5.69 Å². The predicted octanol–water partition coefficient (Wildman–Crippen LogP) is 4.42. The minimum absolute atomic E-state index is 0.0659. The number of rotatable bonds is 8. The molecule has 178 valence electrons. The van der Waals surface area contributed by atoms with Gasteiger partial charge in [0.2, 0.25) is 0 Å². The second-order valence-corrected chi connectivity index (χ2v) is 8.00. The van der Waals surface area contributed by atoms with Crippen LogP contribution in [0.2, 0.25) is 5.02 Å². The summed E-state index contributed by atoms with van der Waals surface area (Å²) in [6.45, 7) is 8.33. The first-order valence-corrected chi connectivity index (χ1v) is 11.3. The molecular formula is C25H27ClN4O4. The van der Waals surface area contributed by atoms with E-state index >= 15 is 0 Å². The summed E-state index contributed by atoms with van der Waals surface area (Å²) in [5.41, 5.74) is 3.63. The molecule has 8 nitrogen and oxygen atoms in total. The maximum absolute atomic E-state index is 12.4. The van der Waals surface area contributed by atoms with Crippen molar-refractivity contribution in [3.63, 3.8) is 0 Å². The van der Waals surface area contributed by atoms with Gasteiger partial charge in [0.1, 0.15) is 0 Å². The minimum Gasteiger partial charge on any atom is -0.452 e. The number of carbonyl (C=O) groups is 3. The summed E-state index contributed by atoms with van der Waals surface area (Å²) in [6, 6.07) is 13.2. The Morgan fingerprint density at radius 2 is 1.56 bits per heavy atom. The summed E-state index contributed by atoms with van der Waals surface area (Å²) in [7, 11) is 0. The van der Waals surface area contributed by atoms with E-state index in [1.165, 1.54) is 0 Å². The summed E-state index contributed by atoms with van der Waals surface area (Å²) in [4.78, 5) is 38.6. The molecule has 3 rings (SSSR count). The highest BCUT2D eigenvalue weighted by atomic mass is 35.5. The quantitative estimate of drug-likeness (QED) is 0.480. The number of amides is 2. The van der Waals surface area contributed by atoms with Crippen LogP contribution in [0, 0.1) is 13.8 Å². The van der Waals surface area contributed by atoms with Gasteiger partial charge in [-0.1, -0.05) is 11.6 Å². The second kappa shape index (κ2) is 11.0. The van der Waals surface area contributed by atoms with E-state index in [0.717, 1.165) is 17.1 Å². The zero-order valence-electron chi connectivity index (χ0n) is 19.6. The van der Waals surface area contributed by atoms with Gasteiger partial charge >= 0.3 is 5.97 Å². The summed E-state index contributed by atoms with van der Waals surface area (Å²) in [5.74, 6) is -1.16. The number of esters is 1. The van der Waals surface area contributed by atoms with Crippen molar-refractivity contribution in [1.29, 1.82) is 0 Å². The molecule has 3 aromatic rings. The Balaban J connectivity index is 1.54. The number of nitrogens with one attached hydrogen (secondary N) is 1. The Bertz CT molecular complexity index is 1180. The van der Waals surface area contributed by atoms with E-state index in [1.807, 2.05) is 27.7 Å². The van der Waals surface area contributed by atoms with Crippen LogP contribution in [0.15, 0.2) is 48.5 Å². The number of carbonyl (C=O) groups excluding carboxylic acids is 3. The molecule has 0 aliphatic rings. The lowest BCUT2D eigenvalue weighted by atomic mass is 10.1. The zero-order chi connectivity index (χ0) is 24.8. The highest BCUT2D eigenvalue weighted by molar-refractivity contribution is 6.31. The van der Waals surface area contributed by atoms with Crippen molar-refractivity contribution >= 4 is 35.1 Å². The molecule has 0 bridgehead atoms. The van der Waals surface area contributed by atoms with E-state index in [-0.39, 0.29) is 5.91 Å². The largest absolute Gasteiger partial charge is 0.452 e. The van der Waals surface area contributed by atoms with Crippen LogP contribution in [-0.2, 0) is 9.53 Å². The van der Waals surface area contributed by atoms with Gasteiger partial charge in [0.15, 0.2) is 6.61 Å². The summed E-state index contributed by atoms with van der Waals surface area (Å²) in [6.07, 6.45) is 0. The molecule has 1 heterocycles. The number of nitrogens with zero attached hydrogens (tertiary/aromatic N) is 3. The molecule has 1 N–H and O–H groups in total. The molecule has 9 heteroatoms. The molecule has 34 heavy (non-hydrogen) atoms. The Labute approximate surface area is 203 Å². The van der Waals surface area contributed by atoms with Gasteiger partial charge in [-0.25, -0.2) is 9.48 Å². The molecule has 2 amide bonds. The van der Waals surface area contributed by atoms with Crippen molar-refractivity contribution in [3.05, 3.63) is 76.1 Å². The molecule has 0 atom stereocenters. The maximum Gasteiger partial charge on any atom is 0.338 e. The first-order chi connectivity index (χ1) is 16.2. The molecule has 0 fully saturated rings. The normalized spacial score (nSPS) is 10.6. The van der Waals surface area contributed by atoms with Crippen LogP contribution in [0.5, 0.6) is 0 Å². The molecule has 0 aliphatic heterocycles. The van der Waals surface area contributed by atoms with Gasteiger partial charge in [-0.3, -0.25) is 9.59 Å². The van der Waals surface area contributed by atoms with Gasteiger partial charge in [-0.15, -0.1) is 0 Å². The zero-order valence-corrected chi connectivity index (χ0v) is 20.3. The third kappa shape index (κ3) is 5.63. The highest BCUT2D eigenvalue weighted by Gasteiger charge is 2.15. The summed E-state index contributed by atoms with van der Waals surface area (Å²) < 4.78 is 6.82. The number of hydrogen-bond donors (Lipinski definition) is 1. The number of aromatic nitrogens is 2. The number of anilines is 1. The molecule has 0 saturated heterocycles. The predicted molar refractivity (Wildman–Crippen MR) is 131 cm³/mol. The summed E-state index contributed by atoms with van der Waals surface area (Å²) in [5, 5.41) is 7.63. The van der Waals surface area contributed by atoms with E-state index in [9.17, 15) is 14.4 Å². The molecule has 0 spiro atoms. The Morgan fingerprint density at radius 3 is 2.09 bits per heavy atom. The average Bonchev–Trinajstić information content (AvgIpc) is 3.11. The molecule has 2 aromatic carbocycles. The van der Waals surface area contributed by atoms with Gasteiger partial charge in [0, 0.05) is 24.3 Å². The number of aryl methyl sites for hydroxylation is 1. The summed E-state index contributed by atoms with van der Waals surface area (Å²) >= 11 is 6.19. The standard InChI is InChI=1S/C25H27ClN4O4/c1-5-29(6-2)24(32)18-7-11-20(12-8-18)27-22(31)15-34-25(33)19-9-13-21(14-10-19)30-17(4)23(26)16(3)28-30/h7-14H,5-6,15H2,1-4H3,(H,27,31). The lowest BCUT2D eigenvalue weighted by Gasteiger charge is -2.18. The van der Waals surface area contributed by atoms with Crippen LogP contribution in [0.3, 0.4) is 0 Å². The van der Waals surface area contributed by atoms with Crippen molar-refractivity contribution in [2.75, 3.05) is 25.0 Å². The topological polar surface area (TPSA) is 93.5 Å². The smallest absolute Gasteiger partial charge is 0.338 e. The minimum atomic E-state index is -0.617. The molecule has 0 saturated carbocycles. The molecular weight excluding hydrogens is 456 g/mol. The lowest BCUT2D eigenvalue weighted by Crippen LogP contribution is -2.30. The van der Waals surface area contributed by atoms with Crippen LogP contribution in [-0.4, -0.2) is 52.2 Å². The van der Waals surface area contributed by atoms with Crippen LogP contribution in [0.1, 0.15) is 46.0 Å². The van der Waals surface area contributed by atoms with Gasteiger partial charge in [-0.05, 0) is 76.2 Å². The van der Waals surface area contributed by atoms with Gasteiger partial charge in [0.05, 0.1) is 27.7 Å². The van der Waals surface area contributed by atoms with Crippen LogP contribution < -0.4 is 5.32 Å². The van der Waals surface area contributed by atoms with Crippen LogP contribution >= 0.6 is 11.6 Å². The number of benzene rings is 2.